The molecule has 0 spiro atoms. The normalized spacial score (nSPS) is 22.2. The molecule has 1 aliphatic rings. The van der Waals surface area contributed by atoms with Crippen molar-refractivity contribution in [2.75, 3.05) is 0 Å². The van der Waals surface area contributed by atoms with Gasteiger partial charge in [0.25, 0.3) is 0 Å². The topological polar surface area (TPSA) is 41.8 Å². The number of hydrogen-bond donors (Lipinski definition) is 2. The molecule has 0 saturated heterocycles. The highest BCUT2D eigenvalue weighted by molar-refractivity contribution is 5.16. The van der Waals surface area contributed by atoms with Gasteiger partial charge in [0.1, 0.15) is 0 Å². The number of aromatic amines is 1. The van der Waals surface area contributed by atoms with Crippen molar-refractivity contribution < 1.29 is 0 Å². The van der Waals surface area contributed by atoms with E-state index < -0.39 is 0 Å². The Labute approximate surface area is 73.2 Å². The van der Waals surface area contributed by atoms with Gasteiger partial charge in [-0.05, 0) is 36.8 Å². The molecule has 0 radical (unpaired) electrons. The largest absolute Gasteiger partial charge is 0.364 e. The molecular formula is C10H16N2. The van der Waals surface area contributed by atoms with E-state index in [-0.39, 0.29) is 6.04 Å². The lowest BCUT2D eigenvalue weighted by atomic mass is 9.92. The van der Waals surface area contributed by atoms with E-state index in [1.165, 1.54) is 25.0 Å². The van der Waals surface area contributed by atoms with Gasteiger partial charge >= 0.3 is 0 Å². The minimum absolute atomic E-state index is 0.220. The second-order valence-corrected chi connectivity index (χ2v) is 3.82. The van der Waals surface area contributed by atoms with Gasteiger partial charge < -0.3 is 10.7 Å². The summed E-state index contributed by atoms with van der Waals surface area (Å²) in [5.74, 6) is 0. The molecule has 2 nitrogen and oxygen atoms in total. The lowest BCUT2D eigenvalue weighted by Gasteiger charge is -2.20. The zero-order valence-electron chi connectivity index (χ0n) is 7.51. The molecular weight excluding hydrogens is 148 g/mol. The van der Waals surface area contributed by atoms with Gasteiger partial charge in [-0.2, -0.15) is 0 Å². The van der Waals surface area contributed by atoms with Crippen molar-refractivity contribution in [2.45, 2.75) is 32.2 Å². The molecule has 1 heterocycles. The summed E-state index contributed by atoms with van der Waals surface area (Å²) in [4.78, 5) is 3.19. The van der Waals surface area contributed by atoms with Gasteiger partial charge in [0.2, 0.25) is 0 Å². The molecule has 0 aliphatic heterocycles. The number of H-pyrrole nitrogens is 1. The van der Waals surface area contributed by atoms with E-state index in [4.69, 9.17) is 5.73 Å². The summed E-state index contributed by atoms with van der Waals surface area (Å²) in [7, 11) is 0. The Morgan fingerprint density at radius 1 is 1.67 bits per heavy atom. The average molecular weight is 164 g/mol. The molecule has 1 aliphatic carbocycles. The first-order valence-electron chi connectivity index (χ1n) is 4.67. The Hall–Kier alpha value is -0.760. The first-order chi connectivity index (χ1) is 5.78. The highest BCUT2D eigenvalue weighted by atomic mass is 14.8. The van der Waals surface area contributed by atoms with E-state index in [2.05, 4.69) is 18.0 Å². The van der Waals surface area contributed by atoms with Crippen LogP contribution >= 0.6 is 0 Å². The molecule has 1 saturated carbocycles. The summed E-state index contributed by atoms with van der Waals surface area (Å²) >= 11 is 0. The summed E-state index contributed by atoms with van der Waals surface area (Å²) in [6.45, 7) is 2.23. The zero-order chi connectivity index (χ0) is 8.60. The molecule has 2 heteroatoms. The van der Waals surface area contributed by atoms with Gasteiger partial charge in [-0.15, -0.1) is 0 Å². The fourth-order valence-electron chi connectivity index (χ4n) is 1.91. The Kier molecular flexibility index (Phi) is 1.72. The van der Waals surface area contributed by atoms with Gasteiger partial charge in [-0.1, -0.05) is 6.92 Å². The average Bonchev–Trinajstić information content (AvgIpc) is 2.71. The van der Waals surface area contributed by atoms with Gasteiger partial charge in [-0.25, -0.2) is 0 Å². The molecule has 0 bridgehead atoms. The number of rotatable bonds is 3. The summed E-state index contributed by atoms with van der Waals surface area (Å²) < 4.78 is 0. The smallest absolute Gasteiger partial charge is 0.0504 e. The summed E-state index contributed by atoms with van der Waals surface area (Å²) in [5.41, 5.74) is 7.77. The summed E-state index contributed by atoms with van der Waals surface area (Å²) in [6.07, 6.45) is 5.74. The zero-order valence-corrected chi connectivity index (χ0v) is 7.51. The van der Waals surface area contributed by atoms with Crippen LogP contribution in [-0.2, 0) is 0 Å². The number of nitrogens with two attached hydrogens (primary N) is 1. The van der Waals surface area contributed by atoms with Crippen LogP contribution in [0, 0.1) is 5.41 Å². The maximum Gasteiger partial charge on any atom is 0.0504 e. The lowest BCUT2D eigenvalue weighted by Crippen LogP contribution is -2.22. The van der Waals surface area contributed by atoms with Crippen LogP contribution in [0.3, 0.4) is 0 Å². The minimum atomic E-state index is 0.220. The van der Waals surface area contributed by atoms with E-state index >= 15 is 0 Å². The molecule has 1 unspecified atom stereocenters. The van der Waals surface area contributed by atoms with Gasteiger partial charge in [0.05, 0.1) is 6.04 Å². The molecule has 3 N–H and O–H groups in total. The third kappa shape index (κ3) is 1.07. The maximum absolute atomic E-state index is 6.16. The van der Waals surface area contributed by atoms with Gasteiger partial charge in [0, 0.05) is 11.9 Å². The predicted molar refractivity (Wildman–Crippen MR) is 49.7 cm³/mol. The standard InChI is InChI=1S/C10H16N2/c1-2-10(5-6-10)9(11)8-4-3-7-12-8/h3-4,7,9,12H,2,5-6,11H2,1H3. The molecule has 1 aromatic rings. The number of nitrogens with one attached hydrogen (secondary N) is 1. The minimum Gasteiger partial charge on any atom is -0.364 e. The molecule has 66 valence electrons. The van der Waals surface area contributed by atoms with E-state index in [0.717, 1.165) is 0 Å². The van der Waals surface area contributed by atoms with Crippen LogP contribution in [0.1, 0.15) is 37.9 Å². The Morgan fingerprint density at radius 2 is 2.42 bits per heavy atom. The van der Waals surface area contributed by atoms with Crippen LogP contribution in [0.25, 0.3) is 0 Å². The van der Waals surface area contributed by atoms with Crippen LogP contribution < -0.4 is 5.73 Å². The molecule has 0 aromatic carbocycles. The number of hydrogen-bond acceptors (Lipinski definition) is 1. The third-order valence-corrected chi connectivity index (χ3v) is 3.21. The van der Waals surface area contributed by atoms with Gasteiger partial charge in [-0.3, -0.25) is 0 Å². The van der Waals surface area contributed by atoms with E-state index in [1.54, 1.807) is 0 Å². The van der Waals surface area contributed by atoms with Crippen molar-refractivity contribution in [3.8, 4) is 0 Å². The van der Waals surface area contributed by atoms with E-state index in [0.29, 0.717) is 5.41 Å². The fraction of sp³-hybridized carbons (Fsp3) is 0.600. The van der Waals surface area contributed by atoms with E-state index in [1.807, 2.05) is 12.3 Å². The predicted octanol–water partition coefficient (Wildman–Crippen LogP) is 2.20. The van der Waals surface area contributed by atoms with Gasteiger partial charge in [0.15, 0.2) is 0 Å². The first-order valence-corrected chi connectivity index (χ1v) is 4.67. The highest BCUT2D eigenvalue weighted by Crippen LogP contribution is 2.55. The molecule has 12 heavy (non-hydrogen) atoms. The number of aromatic nitrogens is 1. The second-order valence-electron chi connectivity index (χ2n) is 3.82. The Balaban J connectivity index is 2.15. The Bertz CT molecular complexity index is 247. The molecule has 1 aromatic heterocycles. The fourth-order valence-corrected chi connectivity index (χ4v) is 1.91. The first kappa shape index (κ1) is 7.87. The second kappa shape index (κ2) is 2.63. The van der Waals surface area contributed by atoms with Crippen LogP contribution in [0.4, 0.5) is 0 Å². The molecule has 0 amide bonds. The van der Waals surface area contributed by atoms with Crippen LogP contribution in [0.5, 0.6) is 0 Å². The van der Waals surface area contributed by atoms with Crippen LogP contribution in [0.15, 0.2) is 18.3 Å². The van der Waals surface area contributed by atoms with Crippen molar-refractivity contribution in [1.82, 2.24) is 4.98 Å². The van der Waals surface area contributed by atoms with Crippen LogP contribution in [0.2, 0.25) is 0 Å². The summed E-state index contributed by atoms with van der Waals surface area (Å²) in [6, 6.07) is 4.32. The van der Waals surface area contributed by atoms with Crippen molar-refractivity contribution >= 4 is 0 Å². The van der Waals surface area contributed by atoms with E-state index in [9.17, 15) is 0 Å². The maximum atomic E-state index is 6.16. The SMILES string of the molecule is CCC1(C(N)c2ccc[nH]2)CC1. The Morgan fingerprint density at radius 3 is 2.83 bits per heavy atom. The molecule has 1 fully saturated rings. The molecule has 1 atom stereocenters. The van der Waals surface area contributed by atoms with Crippen molar-refractivity contribution in [1.29, 1.82) is 0 Å². The van der Waals surface area contributed by atoms with Crippen molar-refractivity contribution in [3.63, 3.8) is 0 Å². The molecule has 2 rings (SSSR count). The monoisotopic (exact) mass is 164 g/mol. The van der Waals surface area contributed by atoms with Crippen molar-refractivity contribution in [3.05, 3.63) is 24.0 Å². The van der Waals surface area contributed by atoms with Crippen LogP contribution in [-0.4, -0.2) is 4.98 Å². The van der Waals surface area contributed by atoms with Crippen molar-refractivity contribution in [2.24, 2.45) is 11.1 Å². The highest BCUT2D eigenvalue weighted by Gasteiger charge is 2.46. The summed E-state index contributed by atoms with van der Waals surface area (Å²) in [5, 5.41) is 0. The third-order valence-electron chi connectivity index (χ3n) is 3.21. The lowest BCUT2D eigenvalue weighted by molar-refractivity contribution is 0.388. The quantitative estimate of drug-likeness (QED) is 0.706.